The summed E-state index contributed by atoms with van der Waals surface area (Å²) in [4.78, 5) is 31.0. The molecule has 0 saturated heterocycles. The van der Waals surface area contributed by atoms with Crippen LogP contribution in [0.15, 0.2) is 23.6 Å². The number of rotatable bonds is 6. The average Bonchev–Trinajstić information content (AvgIpc) is 2.74. The van der Waals surface area contributed by atoms with Gasteiger partial charge in [0.25, 0.3) is 0 Å². The first-order valence-corrected chi connectivity index (χ1v) is 7.40. The van der Waals surface area contributed by atoms with E-state index in [9.17, 15) is 9.59 Å². The molecule has 21 heavy (non-hydrogen) atoms. The maximum absolute atomic E-state index is 12.0. The van der Waals surface area contributed by atoms with E-state index in [1.807, 2.05) is 13.8 Å². The number of aliphatic carboxylic acids is 1. The number of nitrogens with zero attached hydrogens (tertiary/aromatic N) is 3. The van der Waals surface area contributed by atoms with E-state index in [1.165, 1.54) is 0 Å². The number of imidazole rings is 1. The Bertz CT molecular complexity index is 668. The third-order valence-electron chi connectivity index (χ3n) is 2.59. The molecule has 0 bridgehead atoms. The summed E-state index contributed by atoms with van der Waals surface area (Å²) in [6.45, 7) is 3.86. The van der Waals surface area contributed by atoms with Gasteiger partial charge >= 0.3 is 5.97 Å². The van der Waals surface area contributed by atoms with Crippen molar-refractivity contribution in [1.29, 1.82) is 0 Å². The summed E-state index contributed by atoms with van der Waals surface area (Å²) in [5.41, 5.74) is 1.40. The van der Waals surface area contributed by atoms with Crippen LogP contribution in [0.2, 0.25) is 0 Å². The number of aromatic nitrogens is 3. The van der Waals surface area contributed by atoms with Gasteiger partial charge in [0, 0.05) is 12.2 Å². The van der Waals surface area contributed by atoms with Crippen LogP contribution in [-0.2, 0) is 16.1 Å². The predicted molar refractivity (Wildman–Crippen MR) is 79.2 cm³/mol. The van der Waals surface area contributed by atoms with Gasteiger partial charge in [-0.25, -0.2) is 4.98 Å². The smallest absolute Gasteiger partial charge is 0.313 e. The van der Waals surface area contributed by atoms with Crippen LogP contribution >= 0.6 is 11.8 Å². The van der Waals surface area contributed by atoms with Crippen molar-refractivity contribution in [2.75, 3.05) is 5.75 Å². The maximum atomic E-state index is 12.0. The average molecular weight is 308 g/mol. The largest absolute Gasteiger partial charge is 0.481 e. The molecule has 2 N–H and O–H groups in total. The first-order valence-electron chi connectivity index (χ1n) is 6.41. The lowest BCUT2D eigenvalue weighted by Gasteiger charge is -2.11. The van der Waals surface area contributed by atoms with Crippen molar-refractivity contribution in [2.24, 2.45) is 0 Å². The molecule has 2 rings (SSSR count). The van der Waals surface area contributed by atoms with Crippen LogP contribution in [-0.4, -0.2) is 43.3 Å². The molecule has 0 saturated carbocycles. The molecule has 2 aromatic rings. The molecule has 0 aromatic carbocycles. The third kappa shape index (κ3) is 3.94. The molecule has 0 aliphatic rings. The van der Waals surface area contributed by atoms with Crippen LogP contribution in [0.4, 0.5) is 0 Å². The SMILES string of the molecule is CC(C)NC(=O)Cn1c(SCC(=O)O)nc2cnccc21. The molecule has 0 atom stereocenters. The molecule has 0 aliphatic heterocycles. The Morgan fingerprint density at radius 3 is 2.90 bits per heavy atom. The number of fused-ring (bicyclic) bond motifs is 1. The van der Waals surface area contributed by atoms with Gasteiger partial charge in [0.1, 0.15) is 12.1 Å². The van der Waals surface area contributed by atoms with Gasteiger partial charge in [-0.2, -0.15) is 0 Å². The van der Waals surface area contributed by atoms with Crippen LogP contribution in [0, 0.1) is 0 Å². The Balaban J connectivity index is 2.31. The highest BCUT2D eigenvalue weighted by Gasteiger charge is 2.15. The maximum Gasteiger partial charge on any atom is 0.313 e. The summed E-state index contributed by atoms with van der Waals surface area (Å²) in [5.74, 6) is -1.18. The van der Waals surface area contributed by atoms with Gasteiger partial charge in [-0.05, 0) is 19.9 Å². The second kappa shape index (κ2) is 6.57. The third-order valence-corrected chi connectivity index (χ3v) is 3.55. The molecule has 2 heterocycles. The molecule has 0 unspecified atom stereocenters. The molecule has 0 fully saturated rings. The van der Waals surface area contributed by atoms with Crippen molar-refractivity contribution in [1.82, 2.24) is 19.9 Å². The Labute approximate surface area is 125 Å². The Morgan fingerprint density at radius 2 is 2.24 bits per heavy atom. The summed E-state index contributed by atoms with van der Waals surface area (Å²) in [6, 6.07) is 1.81. The summed E-state index contributed by atoms with van der Waals surface area (Å²) in [5, 5.41) is 12.1. The van der Waals surface area contributed by atoms with Crippen LogP contribution in [0.5, 0.6) is 0 Å². The van der Waals surface area contributed by atoms with E-state index in [-0.39, 0.29) is 24.2 Å². The standard InChI is InChI=1S/C13H16N4O3S/c1-8(2)15-11(18)6-17-10-3-4-14-5-9(10)16-13(17)21-7-12(19)20/h3-5,8H,6-7H2,1-2H3,(H,15,18)(H,19,20). The van der Waals surface area contributed by atoms with E-state index in [2.05, 4.69) is 15.3 Å². The van der Waals surface area contributed by atoms with E-state index >= 15 is 0 Å². The summed E-state index contributed by atoms with van der Waals surface area (Å²) >= 11 is 1.09. The van der Waals surface area contributed by atoms with Gasteiger partial charge in [0.05, 0.1) is 17.5 Å². The molecule has 2 aromatic heterocycles. The second-order valence-corrected chi connectivity index (χ2v) is 5.69. The minimum absolute atomic E-state index is 0.0454. The van der Waals surface area contributed by atoms with Gasteiger partial charge in [-0.15, -0.1) is 0 Å². The van der Waals surface area contributed by atoms with E-state index in [1.54, 1.807) is 23.0 Å². The highest BCUT2D eigenvalue weighted by atomic mass is 32.2. The van der Waals surface area contributed by atoms with Crippen LogP contribution in [0.1, 0.15) is 13.8 Å². The first kappa shape index (κ1) is 15.3. The fraction of sp³-hybridized carbons (Fsp3) is 0.385. The lowest BCUT2D eigenvalue weighted by Crippen LogP contribution is -2.33. The van der Waals surface area contributed by atoms with Crippen molar-refractivity contribution in [2.45, 2.75) is 31.6 Å². The van der Waals surface area contributed by atoms with Crippen LogP contribution in [0.25, 0.3) is 11.0 Å². The zero-order valence-corrected chi connectivity index (χ0v) is 12.6. The van der Waals surface area contributed by atoms with Gasteiger partial charge < -0.3 is 15.0 Å². The molecular weight excluding hydrogens is 292 g/mol. The Hall–Kier alpha value is -2.09. The number of carbonyl (C=O) groups is 2. The van der Waals surface area contributed by atoms with Crippen LogP contribution in [0.3, 0.4) is 0 Å². The lowest BCUT2D eigenvalue weighted by atomic mass is 10.3. The first-order chi connectivity index (χ1) is 9.97. The molecule has 8 heteroatoms. The summed E-state index contributed by atoms with van der Waals surface area (Å²) in [7, 11) is 0. The number of pyridine rings is 1. The second-order valence-electron chi connectivity index (χ2n) is 4.75. The number of carboxylic acid groups (broad SMARTS) is 1. The van der Waals surface area contributed by atoms with Crippen molar-refractivity contribution >= 4 is 34.7 Å². The number of hydrogen-bond donors (Lipinski definition) is 2. The molecule has 0 radical (unpaired) electrons. The molecule has 1 amide bonds. The molecule has 0 aliphatic carbocycles. The topological polar surface area (TPSA) is 97.1 Å². The van der Waals surface area contributed by atoms with E-state index in [4.69, 9.17) is 5.11 Å². The molecular formula is C13H16N4O3S. The molecule has 7 nitrogen and oxygen atoms in total. The Morgan fingerprint density at radius 1 is 1.48 bits per heavy atom. The number of hydrogen-bond acceptors (Lipinski definition) is 5. The number of nitrogens with one attached hydrogen (secondary N) is 1. The lowest BCUT2D eigenvalue weighted by molar-refractivity contribution is -0.133. The highest BCUT2D eigenvalue weighted by Crippen LogP contribution is 2.23. The minimum Gasteiger partial charge on any atom is -0.481 e. The zero-order valence-electron chi connectivity index (χ0n) is 11.7. The van der Waals surface area contributed by atoms with Gasteiger partial charge in [-0.3, -0.25) is 14.6 Å². The minimum atomic E-state index is -0.927. The molecule has 112 valence electrons. The highest BCUT2D eigenvalue weighted by molar-refractivity contribution is 7.99. The van der Waals surface area contributed by atoms with Crippen LogP contribution < -0.4 is 5.32 Å². The monoisotopic (exact) mass is 308 g/mol. The summed E-state index contributed by atoms with van der Waals surface area (Å²) < 4.78 is 1.71. The van der Waals surface area contributed by atoms with Gasteiger partial charge in [0.15, 0.2) is 5.16 Å². The number of carboxylic acids is 1. The fourth-order valence-corrected chi connectivity index (χ4v) is 2.59. The van der Waals surface area contributed by atoms with Crippen molar-refractivity contribution < 1.29 is 14.7 Å². The van der Waals surface area contributed by atoms with E-state index in [0.717, 1.165) is 17.3 Å². The normalized spacial score (nSPS) is 11.0. The van der Waals surface area contributed by atoms with E-state index in [0.29, 0.717) is 10.7 Å². The van der Waals surface area contributed by atoms with Crippen molar-refractivity contribution in [3.63, 3.8) is 0 Å². The van der Waals surface area contributed by atoms with E-state index < -0.39 is 5.97 Å². The quantitative estimate of drug-likeness (QED) is 0.777. The number of carbonyl (C=O) groups excluding carboxylic acids is 1. The van der Waals surface area contributed by atoms with Gasteiger partial charge in [0.2, 0.25) is 5.91 Å². The molecule has 0 spiro atoms. The Kier molecular flexibility index (Phi) is 4.79. The predicted octanol–water partition coefficient (Wildman–Crippen LogP) is 1.13. The van der Waals surface area contributed by atoms with Crippen molar-refractivity contribution in [3.05, 3.63) is 18.5 Å². The summed E-state index contributed by atoms with van der Waals surface area (Å²) in [6.07, 6.45) is 3.21. The number of amides is 1. The van der Waals surface area contributed by atoms with Crippen molar-refractivity contribution in [3.8, 4) is 0 Å². The zero-order chi connectivity index (χ0) is 15.4. The fourth-order valence-electron chi connectivity index (χ4n) is 1.86. The number of thioether (sulfide) groups is 1. The van der Waals surface area contributed by atoms with Gasteiger partial charge in [-0.1, -0.05) is 11.8 Å².